The Morgan fingerprint density at radius 2 is 1.16 bits per heavy atom. The summed E-state index contributed by atoms with van der Waals surface area (Å²) in [6.07, 6.45) is 22.7. The van der Waals surface area contributed by atoms with E-state index in [1.165, 1.54) is 78.0 Å². The molecule has 0 amide bonds. The van der Waals surface area contributed by atoms with Gasteiger partial charge < -0.3 is 14.2 Å². The minimum atomic E-state index is -1.58. The Labute approximate surface area is 198 Å². The second kappa shape index (κ2) is 11.8. The van der Waals surface area contributed by atoms with E-state index in [2.05, 4.69) is 9.47 Å². The third kappa shape index (κ3) is 5.30. The minimum Gasteiger partial charge on any atom is -0.469 e. The van der Waals surface area contributed by atoms with Crippen molar-refractivity contribution in [3.63, 3.8) is 0 Å². The van der Waals surface area contributed by atoms with Crippen LogP contribution in [0.15, 0.2) is 0 Å². The molecular formula is C27H50N2O2Si. The van der Waals surface area contributed by atoms with Gasteiger partial charge in [0.2, 0.25) is 0 Å². The van der Waals surface area contributed by atoms with Crippen LogP contribution >= 0.6 is 0 Å². The first kappa shape index (κ1) is 24.7. The lowest BCUT2D eigenvalue weighted by Crippen LogP contribution is -2.67. The van der Waals surface area contributed by atoms with E-state index in [9.17, 15) is 4.79 Å². The third-order valence-electron chi connectivity index (χ3n) is 9.83. The molecule has 4 aliphatic rings. The zero-order valence-corrected chi connectivity index (χ0v) is 22.2. The summed E-state index contributed by atoms with van der Waals surface area (Å²) in [6, 6.07) is 0. The maximum atomic E-state index is 12.0. The Morgan fingerprint density at radius 3 is 1.53 bits per heavy atom. The van der Waals surface area contributed by atoms with Crippen LogP contribution in [0.5, 0.6) is 0 Å². The molecule has 0 N–H and O–H groups in total. The SMILES string of the molecule is COC(=O)C(C)CN1CCN([Si](C2CCCCC2)(C2CCCCC2)C2CCCCC2)CC1. The first-order chi connectivity index (χ1) is 15.7. The summed E-state index contributed by atoms with van der Waals surface area (Å²) in [5.74, 6) is -0.0636. The molecule has 1 aliphatic heterocycles. The molecule has 3 saturated carbocycles. The normalized spacial score (nSPS) is 27.3. The largest absolute Gasteiger partial charge is 0.469 e. The summed E-state index contributed by atoms with van der Waals surface area (Å²) in [4.78, 5) is 14.5. The van der Waals surface area contributed by atoms with Crippen LogP contribution < -0.4 is 0 Å². The molecule has 0 bridgehead atoms. The van der Waals surface area contributed by atoms with Crippen molar-refractivity contribution in [2.45, 2.75) is 120 Å². The van der Waals surface area contributed by atoms with Gasteiger partial charge in [-0.05, 0) is 16.6 Å². The molecule has 4 fully saturated rings. The van der Waals surface area contributed by atoms with Gasteiger partial charge in [-0.25, -0.2) is 0 Å². The first-order valence-corrected chi connectivity index (χ1v) is 16.4. The van der Waals surface area contributed by atoms with Crippen LogP contribution in [0.3, 0.4) is 0 Å². The van der Waals surface area contributed by atoms with Crippen LogP contribution in [0, 0.1) is 5.92 Å². The van der Waals surface area contributed by atoms with Crippen LogP contribution in [-0.2, 0) is 9.53 Å². The molecule has 0 aromatic heterocycles. The van der Waals surface area contributed by atoms with Gasteiger partial charge in [0, 0.05) is 32.7 Å². The van der Waals surface area contributed by atoms with Gasteiger partial charge in [-0.3, -0.25) is 4.79 Å². The van der Waals surface area contributed by atoms with Crippen molar-refractivity contribution in [2.24, 2.45) is 5.92 Å². The quantitative estimate of drug-likeness (QED) is 0.325. The standard InChI is InChI=1S/C27H50N2O2Si/c1-23(27(30)31-2)22-28-18-20-29(21-19-28)32(24-12-6-3-7-13-24,25-14-8-4-9-15-25)26-16-10-5-11-17-26/h23-26H,3-22H2,1-2H3. The molecule has 1 unspecified atom stereocenters. The van der Waals surface area contributed by atoms with E-state index < -0.39 is 8.24 Å². The van der Waals surface area contributed by atoms with E-state index >= 15 is 0 Å². The fourth-order valence-electron chi connectivity index (χ4n) is 8.45. The van der Waals surface area contributed by atoms with E-state index in [1.54, 1.807) is 38.5 Å². The van der Waals surface area contributed by atoms with Gasteiger partial charge in [-0.2, -0.15) is 0 Å². The second-order valence-corrected chi connectivity index (χ2v) is 16.5. The minimum absolute atomic E-state index is 0.0106. The topological polar surface area (TPSA) is 32.8 Å². The monoisotopic (exact) mass is 462 g/mol. The molecule has 32 heavy (non-hydrogen) atoms. The van der Waals surface area contributed by atoms with E-state index in [-0.39, 0.29) is 11.9 Å². The maximum absolute atomic E-state index is 12.0. The van der Waals surface area contributed by atoms with Crippen molar-refractivity contribution in [3.05, 3.63) is 0 Å². The van der Waals surface area contributed by atoms with Crippen LogP contribution in [0.25, 0.3) is 0 Å². The molecule has 184 valence electrons. The number of nitrogens with zero attached hydrogens (tertiary/aromatic N) is 2. The molecule has 1 heterocycles. The summed E-state index contributed by atoms with van der Waals surface area (Å²) >= 11 is 0. The number of esters is 1. The predicted molar refractivity (Wildman–Crippen MR) is 135 cm³/mol. The van der Waals surface area contributed by atoms with Gasteiger partial charge in [-0.1, -0.05) is 103 Å². The molecule has 0 aromatic carbocycles. The highest BCUT2D eigenvalue weighted by Crippen LogP contribution is 2.58. The number of piperazine rings is 1. The highest BCUT2D eigenvalue weighted by molar-refractivity contribution is 6.81. The van der Waals surface area contributed by atoms with Gasteiger partial charge in [-0.15, -0.1) is 0 Å². The summed E-state index contributed by atoms with van der Waals surface area (Å²) in [6.45, 7) is 7.74. The summed E-state index contributed by atoms with van der Waals surface area (Å²) < 4.78 is 8.20. The van der Waals surface area contributed by atoms with Crippen molar-refractivity contribution in [1.82, 2.24) is 9.47 Å². The molecule has 1 saturated heterocycles. The number of carbonyl (C=O) groups is 1. The molecule has 4 rings (SSSR count). The van der Waals surface area contributed by atoms with Crippen LogP contribution in [0.4, 0.5) is 0 Å². The summed E-state index contributed by atoms with van der Waals surface area (Å²) in [7, 11) is -0.0523. The van der Waals surface area contributed by atoms with Crippen LogP contribution in [0.1, 0.15) is 103 Å². The highest BCUT2D eigenvalue weighted by Gasteiger charge is 2.56. The van der Waals surface area contributed by atoms with Crippen LogP contribution in [0.2, 0.25) is 16.6 Å². The number of hydrogen-bond donors (Lipinski definition) is 0. The predicted octanol–water partition coefficient (Wildman–Crippen LogP) is 6.36. The van der Waals surface area contributed by atoms with Crippen molar-refractivity contribution in [3.8, 4) is 0 Å². The zero-order valence-electron chi connectivity index (χ0n) is 21.2. The average Bonchev–Trinajstić information content (AvgIpc) is 2.87. The van der Waals surface area contributed by atoms with Crippen LogP contribution in [-0.4, -0.2) is 63.5 Å². The fourth-order valence-corrected chi connectivity index (χ4v) is 17.0. The van der Waals surface area contributed by atoms with Gasteiger partial charge in [0.1, 0.15) is 8.24 Å². The molecule has 1 atom stereocenters. The van der Waals surface area contributed by atoms with Gasteiger partial charge in [0.25, 0.3) is 0 Å². The lowest BCUT2D eigenvalue weighted by Gasteiger charge is -2.60. The average molecular weight is 463 g/mol. The molecule has 3 aliphatic carbocycles. The number of carbonyl (C=O) groups excluding carboxylic acids is 1. The number of hydrogen-bond acceptors (Lipinski definition) is 4. The lowest BCUT2D eigenvalue weighted by atomic mass is 9.98. The van der Waals surface area contributed by atoms with Crippen molar-refractivity contribution >= 4 is 14.2 Å². The van der Waals surface area contributed by atoms with E-state index in [1.807, 2.05) is 6.92 Å². The smallest absolute Gasteiger partial charge is 0.309 e. The lowest BCUT2D eigenvalue weighted by molar-refractivity contribution is -0.145. The molecule has 5 heteroatoms. The Morgan fingerprint density at radius 1 is 0.750 bits per heavy atom. The van der Waals surface area contributed by atoms with E-state index in [0.717, 1.165) is 36.3 Å². The second-order valence-electron chi connectivity index (χ2n) is 11.6. The number of rotatable bonds is 7. The Balaban J connectivity index is 1.56. The third-order valence-corrected chi connectivity index (χ3v) is 17.0. The van der Waals surface area contributed by atoms with E-state index in [0.29, 0.717) is 0 Å². The summed E-state index contributed by atoms with van der Waals surface area (Å²) in [5, 5.41) is 0. The fraction of sp³-hybridized carbons (Fsp3) is 0.963. The Kier molecular flexibility index (Phi) is 9.15. The first-order valence-electron chi connectivity index (χ1n) is 14.2. The highest BCUT2D eigenvalue weighted by atomic mass is 28.3. The van der Waals surface area contributed by atoms with E-state index in [4.69, 9.17) is 4.74 Å². The number of methoxy groups -OCH3 is 1. The van der Waals surface area contributed by atoms with Gasteiger partial charge >= 0.3 is 5.97 Å². The molecule has 0 spiro atoms. The Hall–Kier alpha value is -0.393. The molecule has 0 radical (unpaired) electrons. The number of ether oxygens (including phenoxy) is 1. The summed E-state index contributed by atoms with van der Waals surface area (Å²) in [5.41, 5.74) is 3.17. The Bertz CT molecular complexity index is 529. The zero-order chi connectivity index (χ0) is 22.4. The molecule has 0 aromatic rings. The van der Waals surface area contributed by atoms with Gasteiger partial charge in [0.15, 0.2) is 0 Å². The van der Waals surface area contributed by atoms with Gasteiger partial charge in [0.05, 0.1) is 13.0 Å². The molecule has 4 nitrogen and oxygen atoms in total. The maximum Gasteiger partial charge on any atom is 0.309 e. The van der Waals surface area contributed by atoms with Crippen molar-refractivity contribution < 1.29 is 9.53 Å². The molecular weight excluding hydrogens is 412 g/mol. The van der Waals surface area contributed by atoms with Crippen molar-refractivity contribution in [1.29, 1.82) is 0 Å². The van der Waals surface area contributed by atoms with Crippen molar-refractivity contribution in [2.75, 3.05) is 39.8 Å².